The van der Waals surface area contributed by atoms with Crippen LogP contribution in [0.25, 0.3) is 0 Å². The number of phenolic OH excluding ortho intramolecular Hbond substituents is 1. The summed E-state index contributed by atoms with van der Waals surface area (Å²) in [5.74, 6) is 0.454. The van der Waals surface area contributed by atoms with Crippen LogP contribution in [-0.4, -0.2) is 5.11 Å². The molecular weight excluding hydrogens is 292 g/mol. The summed E-state index contributed by atoms with van der Waals surface area (Å²) in [5, 5.41) is 10.5. The molecule has 0 fully saturated rings. The molecule has 1 rings (SSSR count). The van der Waals surface area contributed by atoms with Gasteiger partial charge in [-0.25, -0.2) is 0 Å². The zero-order chi connectivity index (χ0) is 18.4. The van der Waals surface area contributed by atoms with Crippen molar-refractivity contribution in [3.8, 4) is 5.75 Å². The molecule has 0 atom stereocenters. The van der Waals surface area contributed by atoms with Crippen LogP contribution in [0.5, 0.6) is 5.75 Å². The number of rotatable bonds is 8. The minimum atomic E-state index is -0.0388. The summed E-state index contributed by atoms with van der Waals surface area (Å²) in [5.41, 5.74) is 3.94. The third kappa shape index (κ3) is 6.15. The van der Waals surface area contributed by atoms with Crippen LogP contribution in [0, 0.1) is 0 Å². The summed E-state index contributed by atoms with van der Waals surface area (Å²) in [7, 11) is 0. The van der Waals surface area contributed by atoms with E-state index in [0.717, 1.165) is 12.0 Å². The molecule has 0 unspecified atom stereocenters. The minimum absolute atomic E-state index is 0.0388. The van der Waals surface area contributed by atoms with E-state index in [9.17, 15) is 5.11 Å². The van der Waals surface area contributed by atoms with Crippen molar-refractivity contribution >= 4 is 0 Å². The first-order valence-electron chi connectivity index (χ1n) is 9.94. The highest BCUT2D eigenvalue weighted by Gasteiger charge is 2.30. The van der Waals surface area contributed by atoms with Gasteiger partial charge in [-0.15, -0.1) is 0 Å². The van der Waals surface area contributed by atoms with E-state index < -0.39 is 0 Å². The summed E-state index contributed by atoms with van der Waals surface area (Å²) in [6.07, 6.45) is 10.5. The largest absolute Gasteiger partial charge is 0.508 e. The van der Waals surface area contributed by atoms with Gasteiger partial charge >= 0.3 is 0 Å². The molecule has 0 aromatic heterocycles. The Kier molecular flexibility index (Phi) is 7.83. The number of hydrogen-bond donors (Lipinski definition) is 1. The molecule has 1 N–H and O–H groups in total. The van der Waals surface area contributed by atoms with Crippen LogP contribution in [0.2, 0.25) is 0 Å². The smallest absolute Gasteiger partial charge is 0.119 e. The molecule has 0 aliphatic heterocycles. The Labute approximate surface area is 150 Å². The van der Waals surface area contributed by atoms with Crippen LogP contribution in [-0.2, 0) is 17.3 Å². The predicted molar refractivity (Wildman–Crippen MR) is 107 cm³/mol. The van der Waals surface area contributed by atoms with Crippen molar-refractivity contribution in [3.63, 3.8) is 0 Å². The Morgan fingerprint density at radius 1 is 0.708 bits per heavy atom. The van der Waals surface area contributed by atoms with E-state index in [2.05, 4.69) is 54.5 Å². The number of phenols is 1. The Hall–Kier alpha value is -0.980. The summed E-state index contributed by atoms with van der Waals surface area (Å²) in [6, 6.07) is 4.06. The van der Waals surface area contributed by atoms with Gasteiger partial charge in [0, 0.05) is 5.56 Å². The first-order valence-corrected chi connectivity index (χ1v) is 9.94. The third-order valence-corrected chi connectivity index (χ3v) is 4.82. The van der Waals surface area contributed by atoms with Gasteiger partial charge < -0.3 is 5.11 Å². The lowest BCUT2D eigenvalue weighted by Crippen LogP contribution is -2.24. The summed E-state index contributed by atoms with van der Waals surface area (Å²) in [6.45, 7) is 15.7. The second-order valence-electron chi connectivity index (χ2n) is 9.37. The summed E-state index contributed by atoms with van der Waals surface area (Å²) >= 11 is 0. The van der Waals surface area contributed by atoms with E-state index in [1.165, 1.54) is 56.1 Å². The Bertz CT molecular complexity index is 500. The Morgan fingerprint density at radius 2 is 1.21 bits per heavy atom. The molecule has 0 heterocycles. The monoisotopic (exact) mass is 332 g/mol. The Balaban J connectivity index is 2.88. The molecule has 0 spiro atoms. The van der Waals surface area contributed by atoms with Crippen LogP contribution < -0.4 is 0 Å². The van der Waals surface area contributed by atoms with Crippen molar-refractivity contribution in [2.75, 3.05) is 0 Å². The van der Waals surface area contributed by atoms with Gasteiger partial charge in [-0.3, -0.25) is 0 Å². The normalized spacial score (nSPS) is 12.6. The van der Waals surface area contributed by atoms with Gasteiger partial charge in [0.25, 0.3) is 0 Å². The van der Waals surface area contributed by atoms with Gasteiger partial charge in [0.2, 0.25) is 0 Å². The number of hydrogen-bond acceptors (Lipinski definition) is 1. The lowest BCUT2D eigenvalue weighted by Gasteiger charge is -2.33. The van der Waals surface area contributed by atoms with E-state index in [-0.39, 0.29) is 10.8 Å². The fourth-order valence-electron chi connectivity index (χ4n) is 3.73. The second kappa shape index (κ2) is 8.92. The highest BCUT2D eigenvalue weighted by Crippen LogP contribution is 2.41. The molecule has 138 valence electrons. The average molecular weight is 333 g/mol. The van der Waals surface area contributed by atoms with Gasteiger partial charge in [0.15, 0.2) is 0 Å². The number of benzene rings is 1. The van der Waals surface area contributed by atoms with E-state index in [0.29, 0.717) is 5.75 Å². The molecule has 24 heavy (non-hydrogen) atoms. The van der Waals surface area contributed by atoms with Crippen molar-refractivity contribution in [2.45, 2.75) is 111 Å². The molecule has 1 aromatic carbocycles. The molecule has 0 radical (unpaired) electrons. The SMILES string of the molecule is CCCCCCCCCc1ccc(O)c(C(C)(C)C)c1C(C)(C)C. The lowest BCUT2D eigenvalue weighted by molar-refractivity contribution is 0.433. The van der Waals surface area contributed by atoms with Crippen molar-refractivity contribution in [2.24, 2.45) is 0 Å². The van der Waals surface area contributed by atoms with E-state index in [1.807, 2.05) is 6.07 Å². The zero-order valence-corrected chi connectivity index (χ0v) is 17.3. The second-order valence-corrected chi connectivity index (χ2v) is 9.37. The number of unbranched alkanes of at least 4 members (excludes halogenated alkanes) is 6. The maximum atomic E-state index is 10.5. The van der Waals surface area contributed by atoms with Crippen molar-refractivity contribution in [1.82, 2.24) is 0 Å². The lowest BCUT2D eigenvalue weighted by atomic mass is 9.72. The van der Waals surface area contributed by atoms with Gasteiger partial charge in [0.1, 0.15) is 5.75 Å². The van der Waals surface area contributed by atoms with Crippen LogP contribution in [0.1, 0.15) is 110 Å². The van der Waals surface area contributed by atoms with Crippen LogP contribution in [0.4, 0.5) is 0 Å². The first kappa shape index (κ1) is 21.1. The van der Waals surface area contributed by atoms with Gasteiger partial charge in [-0.05, 0) is 40.9 Å². The molecular formula is C23H40O. The van der Waals surface area contributed by atoms with Crippen LogP contribution in [0.3, 0.4) is 0 Å². The maximum Gasteiger partial charge on any atom is 0.119 e. The van der Waals surface area contributed by atoms with E-state index in [1.54, 1.807) is 0 Å². The zero-order valence-electron chi connectivity index (χ0n) is 17.3. The maximum absolute atomic E-state index is 10.5. The number of aryl methyl sites for hydroxylation is 1. The fraction of sp³-hybridized carbons (Fsp3) is 0.739. The van der Waals surface area contributed by atoms with E-state index >= 15 is 0 Å². The molecule has 0 aliphatic carbocycles. The van der Waals surface area contributed by atoms with Gasteiger partial charge in [0.05, 0.1) is 0 Å². The molecule has 1 heteroatoms. The highest BCUT2D eigenvalue weighted by atomic mass is 16.3. The predicted octanol–water partition coefficient (Wildman–Crippen LogP) is 7.28. The van der Waals surface area contributed by atoms with Crippen molar-refractivity contribution in [3.05, 3.63) is 28.8 Å². The van der Waals surface area contributed by atoms with Crippen LogP contribution in [0.15, 0.2) is 12.1 Å². The molecule has 0 saturated heterocycles. The van der Waals surface area contributed by atoms with Gasteiger partial charge in [-0.2, -0.15) is 0 Å². The number of aromatic hydroxyl groups is 1. The molecule has 1 aromatic rings. The topological polar surface area (TPSA) is 20.2 Å². The average Bonchev–Trinajstić information content (AvgIpc) is 2.45. The molecule has 0 saturated carbocycles. The van der Waals surface area contributed by atoms with Crippen molar-refractivity contribution < 1.29 is 5.11 Å². The molecule has 0 amide bonds. The van der Waals surface area contributed by atoms with Crippen molar-refractivity contribution in [1.29, 1.82) is 0 Å². The molecule has 0 bridgehead atoms. The van der Waals surface area contributed by atoms with Crippen LogP contribution >= 0.6 is 0 Å². The first-order chi connectivity index (χ1) is 11.1. The third-order valence-electron chi connectivity index (χ3n) is 4.82. The Morgan fingerprint density at radius 3 is 1.71 bits per heavy atom. The minimum Gasteiger partial charge on any atom is -0.508 e. The summed E-state index contributed by atoms with van der Waals surface area (Å²) in [4.78, 5) is 0. The standard InChI is InChI=1S/C23H40O/c1-8-9-10-11-12-13-14-15-18-16-17-19(24)21(23(5,6)7)20(18)22(2,3)4/h16-17,24H,8-15H2,1-7H3. The fourth-order valence-corrected chi connectivity index (χ4v) is 3.73. The van der Waals surface area contributed by atoms with E-state index in [4.69, 9.17) is 0 Å². The highest BCUT2D eigenvalue weighted by molar-refractivity contribution is 5.51. The van der Waals surface area contributed by atoms with Gasteiger partial charge in [-0.1, -0.05) is 93.1 Å². The quantitative estimate of drug-likeness (QED) is 0.496. The summed E-state index contributed by atoms with van der Waals surface area (Å²) < 4.78 is 0. The molecule has 0 aliphatic rings. The molecule has 1 nitrogen and oxygen atoms in total.